The lowest BCUT2D eigenvalue weighted by Crippen LogP contribution is -2.44. The minimum Gasteiger partial charge on any atom is -0.393 e. The van der Waals surface area contributed by atoms with Crippen molar-refractivity contribution in [3.8, 4) is 0 Å². The number of amides is 2. The average Bonchev–Trinajstić information content (AvgIpc) is 3.27. The normalized spacial score (nSPS) is 30.4. The van der Waals surface area contributed by atoms with Crippen LogP contribution in [0, 0.1) is 17.8 Å². The predicted molar refractivity (Wildman–Crippen MR) is 78.4 cm³/mol. The fourth-order valence-corrected chi connectivity index (χ4v) is 3.57. The molecule has 0 aromatic heterocycles. The Hall–Kier alpha value is -1.10. The number of aliphatic hydroxyl groups is 1. The van der Waals surface area contributed by atoms with Crippen molar-refractivity contribution in [2.75, 3.05) is 19.6 Å². The summed E-state index contributed by atoms with van der Waals surface area (Å²) in [6.45, 7) is 2.15. The molecule has 2 saturated carbocycles. The van der Waals surface area contributed by atoms with E-state index in [4.69, 9.17) is 0 Å². The summed E-state index contributed by atoms with van der Waals surface area (Å²) in [6, 6.07) is 0. The molecular formula is C16H26N2O3. The second-order valence-corrected chi connectivity index (χ2v) is 6.95. The summed E-state index contributed by atoms with van der Waals surface area (Å²) >= 11 is 0. The lowest BCUT2D eigenvalue weighted by atomic mass is 9.95. The monoisotopic (exact) mass is 294 g/mol. The van der Waals surface area contributed by atoms with Gasteiger partial charge in [-0.2, -0.15) is 0 Å². The van der Waals surface area contributed by atoms with Gasteiger partial charge in [-0.15, -0.1) is 0 Å². The molecule has 0 aromatic carbocycles. The van der Waals surface area contributed by atoms with Crippen LogP contribution < -0.4 is 5.32 Å². The molecule has 0 aromatic rings. The summed E-state index contributed by atoms with van der Waals surface area (Å²) in [4.78, 5) is 26.1. The summed E-state index contributed by atoms with van der Waals surface area (Å²) in [5.41, 5.74) is 0. The first-order valence-electron chi connectivity index (χ1n) is 8.38. The van der Waals surface area contributed by atoms with Crippen LogP contribution in [-0.2, 0) is 9.59 Å². The number of nitrogens with zero attached hydrogens (tertiary/aromatic N) is 1. The van der Waals surface area contributed by atoms with Crippen molar-refractivity contribution in [3.63, 3.8) is 0 Å². The molecule has 0 spiro atoms. The van der Waals surface area contributed by atoms with E-state index in [2.05, 4.69) is 5.32 Å². The molecule has 3 rings (SSSR count). The van der Waals surface area contributed by atoms with E-state index < -0.39 is 0 Å². The lowest BCUT2D eigenvalue weighted by molar-refractivity contribution is -0.136. The first-order chi connectivity index (χ1) is 10.1. The highest BCUT2D eigenvalue weighted by atomic mass is 16.3. The molecule has 1 aliphatic heterocycles. The number of rotatable bonds is 4. The van der Waals surface area contributed by atoms with Crippen LogP contribution in [0.4, 0.5) is 0 Å². The van der Waals surface area contributed by atoms with Crippen LogP contribution in [0.1, 0.15) is 44.9 Å². The van der Waals surface area contributed by atoms with Gasteiger partial charge in [0.15, 0.2) is 0 Å². The Morgan fingerprint density at radius 3 is 2.29 bits per heavy atom. The number of piperidine rings is 1. The molecule has 21 heavy (non-hydrogen) atoms. The first-order valence-corrected chi connectivity index (χ1v) is 8.38. The number of hydrogen-bond donors (Lipinski definition) is 2. The lowest BCUT2D eigenvalue weighted by Gasteiger charge is -2.31. The van der Waals surface area contributed by atoms with Gasteiger partial charge < -0.3 is 15.3 Å². The predicted octanol–water partition coefficient (Wildman–Crippen LogP) is 0.912. The van der Waals surface area contributed by atoms with Crippen molar-refractivity contribution in [1.29, 1.82) is 0 Å². The molecule has 1 heterocycles. The smallest absolute Gasteiger partial charge is 0.225 e. The largest absolute Gasteiger partial charge is 0.393 e. The maximum absolute atomic E-state index is 12.2. The first kappa shape index (κ1) is 14.8. The summed E-state index contributed by atoms with van der Waals surface area (Å²) in [7, 11) is 0. The third kappa shape index (κ3) is 3.76. The zero-order valence-corrected chi connectivity index (χ0v) is 12.6. The molecular weight excluding hydrogens is 268 g/mol. The van der Waals surface area contributed by atoms with E-state index in [9.17, 15) is 14.7 Å². The summed E-state index contributed by atoms with van der Waals surface area (Å²) in [6.07, 6.45) is 6.18. The molecule has 3 aliphatic rings. The molecule has 1 saturated heterocycles. The van der Waals surface area contributed by atoms with E-state index in [0.29, 0.717) is 18.4 Å². The fourth-order valence-electron chi connectivity index (χ4n) is 3.57. The van der Waals surface area contributed by atoms with Gasteiger partial charge in [-0.3, -0.25) is 9.59 Å². The Morgan fingerprint density at radius 2 is 1.71 bits per heavy atom. The van der Waals surface area contributed by atoms with E-state index in [-0.39, 0.29) is 23.8 Å². The van der Waals surface area contributed by atoms with Crippen LogP contribution in [0.5, 0.6) is 0 Å². The summed E-state index contributed by atoms with van der Waals surface area (Å²) < 4.78 is 0. The minimum absolute atomic E-state index is 0.0552. The number of nitrogens with one attached hydrogen (secondary N) is 1. The van der Waals surface area contributed by atoms with E-state index in [0.717, 1.165) is 58.0 Å². The van der Waals surface area contributed by atoms with Crippen LogP contribution in [0.3, 0.4) is 0 Å². The molecule has 0 radical (unpaired) electrons. The Balaban J connectivity index is 1.37. The Bertz CT molecular complexity index is 400. The number of likely N-dealkylation sites (tertiary alicyclic amines) is 1. The van der Waals surface area contributed by atoms with Crippen molar-refractivity contribution in [2.24, 2.45) is 17.8 Å². The zero-order valence-electron chi connectivity index (χ0n) is 12.6. The highest BCUT2D eigenvalue weighted by Crippen LogP contribution is 2.32. The summed E-state index contributed by atoms with van der Waals surface area (Å²) in [5, 5.41) is 12.5. The third-order valence-corrected chi connectivity index (χ3v) is 5.18. The van der Waals surface area contributed by atoms with Gasteiger partial charge in [-0.05, 0) is 50.9 Å². The van der Waals surface area contributed by atoms with Gasteiger partial charge >= 0.3 is 0 Å². The second kappa shape index (κ2) is 6.34. The maximum atomic E-state index is 12.2. The minimum atomic E-state index is -0.177. The third-order valence-electron chi connectivity index (χ3n) is 5.18. The van der Waals surface area contributed by atoms with E-state index in [1.807, 2.05) is 4.90 Å². The van der Waals surface area contributed by atoms with Crippen LogP contribution in [0.25, 0.3) is 0 Å². The molecule has 2 N–H and O–H groups in total. The number of carbonyl (C=O) groups is 2. The van der Waals surface area contributed by atoms with Gasteiger partial charge in [0.1, 0.15) is 0 Å². The maximum Gasteiger partial charge on any atom is 0.225 e. The topological polar surface area (TPSA) is 69.6 Å². The Morgan fingerprint density at radius 1 is 1.00 bits per heavy atom. The molecule has 118 valence electrons. The van der Waals surface area contributed by atoms with E-state index in [1.54, 1.807) is 0 Å². The molecule has 2 aliphatic carbocycles. The van der Waals surface area contributed by atoms with E-state index in [1.165, 1.54) is 0 Å². The van der Waals surface area contributed by atoms with E-state index >= 15 is 0 Å². The standard InChI is InChI=1S/C16H26N2O3/c19-14-4-1-11(9-14)10-17-15(20)12-5-7-18(8-6-12)16(21)13-2-3-13/h11-14,19H,1-10H2,(H,17,20). The Kier molecular flexibility index (Phi) is 4.48. The zero-order chi connectivity index (χ0) is 14.8. The fraction of sp³-hybridized carbons (Fsp3) is 0.875. The number of aliphatic hydroxyl groups excluding tert-OH is 1. The second-order valence-electron chi connectivity index (χ2n) is 6.95. The van der Waals surface area contributed by atoms with Crippen molar-refractivity contribution in [1.82, 2.24) is 10.2 Å². The van der Waals surface area contributed by atoms with Gasteiger partial charge in [0.2, 0.25) is 11.8 Å². The highest BCUT2D eigenvalue weighted by molar-refractivity contribution is 5.82. The SMILES string of the molecule is O=C(NCC1CCC(O)C1)C1CCN(C(=O)C2CC2)CC1. The van der Waals surface area contributed by atoms with Crippen LogP contribution >= 0.6 is 0 Å². The van der Waals surface area contributed by atoms with Gasteiger partial charge in [0, 0.05) is 31.5 Å². The van der Waals surface area contributed by atoms with Crippen molar-refractivity contribution in [3.05, 3.63) is 0 Å². The molecule has 2 atom stereocenters. The molecule has 0 bridgehead atoms. The van der Waals surface area contributed by atoms with Gasteiger partial charge in [-0.1, -0.05) is 0 Å². The van der Waals surface area contributed by atoms with Gasteiger partial charge in [0.05, 0.1) is 6.10 Å². The van der Waals surface area contributed by atoms with Crippen molar-refractivity contribution >= 4 is 11.8 Å². The highest BCUT2D eigenvalue weighted by Gasteiger charge is 2.36. The molecule has 3 fully saturated rings. The molecule has 2 amide bonds. The van der Waals surface area contributed by atoms with Crippen LogP contribution in [0.15, 0.2) is 0 Å². The van der Waals surface area contributed by atoms with Crippen LogP contribution in [0.2, 0.25) is 0 Å². The summed E-state index contributed by atoms with van der Waals surface area (Å²) in [5.74, 6) is 1.20. The molecule has 5 nitrogen and oxygen atoms in total. The molecule has 5 heteroatoms. The van der Waals surface area contributed by atoms with Crippen molar-refractivity contribution in [2.45, 2.75) is 51.0 Å². The average molecular weight is 294 g/mol. The Labute approximate surface area is 126 Å². The van der Waals surface area contributed by atoms with Gasteiger partial charge in [-0.25, -0.2) is 0 Å². The quantitative estimate of drug-likeness (QED) is 0.810. The van der Waals surface area contributed by atoms with Crippen molar-refractivity contribution < 1.29 is 14.7 Å². The molecule has 2 unspecified atom stereocenters. The number of hydrogen-bond acceptors (Lipinski definition) is 3. The number of carbonyl (C=O) groups excluding carboxylic acids is 2. The van der Waals surface area contributed by atoms with Crippen LogP contribution in [-0.4, -0.2) is 47.6 Å². The van der Waals surface area contributed by atoms with Gasteiger partial charge in [0.25, 0.3) is 0 Å².